The van der Waals surface area contributed by atoms with E-state index in [1.54, 1.807) is 18.4 Å². The Balaban J connectivity index is 2.07. The van der Waals surface area contributed by atoms with Crippen molar-refractivity contribution in [2.24, 2.45) is 0 Å². The Morgan fingerprint density at radius 2 is 2.21 bits per heavy atom. The molecule has 1 saturated carbocycles. The SMILES string of the molecule is CCOC(CC)c1nc(COC)c(CNC2CC2)s1. The Hall–Kier alpha value is -0.490. The molecule has 2 rings (SSSR count). The van der Waals surface area contributed by atoms with Gasteiger partial charge in [0.2, 0.25) is 0 Å². The standard InChI is InChI=1S/C14H24N2O2S/c1-4-12(18-5-2)14-16-11(9-17-3)13(19-14)8-15-10-6-7-10/h10,12,15H,4-9H2,1-3H3. The van der Waals surface area contributed by atoms with Crippen molar-refractivity contribution in [1.29, 1.82) is 0 Å². The van der Waals surface area contributed by atoms with E-state index in [2.05, 4.69) is 12.2 Å². The third-order valence-electron chi connectivity index (χ3n) is 3.22. The van der Waals surface area contributed by atoms with Crippen LogP contribution in [0.3, 0.4) is 0 Å². The van der Waals surface area contributed by atoms with E-state index in [4.69, 9.17) is 14.5 Å². The van der Waals surface area contributed by atoms with Gasteiger partial charge in [0.05, 0.1) is 12.3 Å². The molecule has 0 amide bonds. The molecule has 1 atom stereocenters. The van der Waals surface area contributed by atoms with Crippen LogP contribution in [0.1, 0.15) is 54.8 Å². The molecule has 1 N–H and O–H groups in total. The summed E-state index contributed by atoms with van der Waals surface area (Å²) in [6.45, 7) is 6.39. The fraction of sp³-hybridized carbons (Fsp3) is 0.786. The summed E-state index contributed by atoms with van der Waals surface area (Å²) < 4.78 is 11.0. The van der Waals surface area contributed by atoms with Crippen molar-refractivity contribution in [2.45, 2.75) is 58.4 Å². The van der Waals surface area contributed by atoms with Crippen LogP contribution >= 0.6 is 11.3 Å². The number of aromatic nitrogens is 1. The van der Waals surface area contributed by atoms with Gasteiger partial charge >= 0.3 is 0 Å². The van der Waals surface area contributed by atoms with Crippen LogP contribution in [0.5, 0.6) is 0 Å². The van der Waals surface area contributed by atoms with Gasteiger partial charge in [0.25, 0.3) is 0 Å². The summed E-state index contributed by atoms with van der Waals surface area (Å²) in [5.74, 6) is 0. The molecule has 4 nitrogen and oxygen atoms in total. The van der Waals surface area contributed by atoms with Crippen LogP contribution in [-0.4, -0.2) is 24.7 Å². The molecule has 1 fully saturated rings. The van der Waals surface area contributed by atoms with Crippen molar-refractivity contribution in [1.82, 2.24) is 10.3 Å². The van der Waals surface area contributed by atoms with Crippen molar-refractivity contribution < 1.29 is 9.47 Å². The largest absolute Gasteiger partial charge is 0.378 e. The second kappa shape index (κ2) is 7.33. The molecule has 1 aliphatic rings. The molecule has 0 spiro atoms. The van der Waals surface area contributed by atoms with Crippen molar-refractivity contribution in [3.8, 4) is 0 Å². The first-order chi connectivity index (χ1) is 9.28. The second-order valence-electron chi connectivity index (χ2n) is 4.86. The summed E-state index contributed by atoms with van der Waals surface area (Å²) in [6.07, 6.45) is 3.70. The molecule has 108 valence electrons. The van der Waals surface area contributed by atoms with E-state index in [0.29, 0.717) is 6.61 Å². The zero-order chi connectivity index (χ0) is 13.7. The van der Waals surface area contributed by atoms with Gasteiger partial charge in [-0.05, 0) is 26.2 Å². The van der Waals surface area contributed by atoms with Crippen LogP contribution in [0.25, 0.3) is 0 Å². The minimum atomic E-state index is 0.125. The van der Waals surface area contributed by atoms with E-state index in [1.165, 1.54) is 17.7 Å². The van der Waals surface area contributed by atoms with Crippen molar-refractivity contribution in [2.75, 3.05) is 13.7 Å². The lowest BCUT2D eigenvalue weighted by Gasteiger charge is -2.11. The maximum absolute atomic E-state index is 5.75. The summed E-state index contributed by atoms with van der Waals surface area (Å²) in [6, 6.07) is 0.717. The fourth-order valence-corrected chi connectivity index (χ4v) is 3.17. The quantitative estimate of drug-likeness (QED) is 0.757. The molecule has 0 saturated heterocycles. The van der Waals surface area contributed by atoms with E-state index in [-0.39, 0.29) is 6.10 Å². The van der Waals surface area contributed by atoms with Crippen molar-refractivity contribution in [3.63, 3.8) is 0 Å². The maximum atomic E-state index is 5.75. The molecule has 1 aliphatic carbocycles. The number of nitrogens with one attached hydrogen (secondary N) is 1. The first-order valence-electron chi connectivity index (χ1n) is 7.10. The molecule has 5 heteroatoms. The summed E-state index contributed by atoms with van der Waals surface area (Å²) in [5, 5.41) is 4.64. The average Bonchev–Trinajstić information content (AvgIpc) is 3.16. The molecule has 1 heterocycles. The van der Waals surface area contributed by atoms with Gasteiger partial charge in [-0.1, -0.05) is 6.92 Å². The van der Waals surface area contributed by atoms with Gasteiger partial charge in [-0.2, -0.15) is 0 Å². The molecule has 0 bridgehead atoms. The lowest BCUT2D eigenvalue weighted by molar-refractivity contribution is 0.0593. The number of thiazole rings is 1. The Labute approximate surface area is 119 Å². The zero-order valence-electron chi connectivity index (χ0n) is 12.1. The lowest BCUT2D eigenvalue weighted by Crippen LogP contribution is -2.15. The van der Waals surface area contributed by atoms with E-state index >= 15 is 0 Å². The molecule has 0 aliphatic heterocycles. The predicted molar refractivity (Wildman–Crippen MR) is 77.3 cm³/mol. The molecule has 1 unspecified atom stereocenters. The number of hydrogen-bond donors (Lipinski definition) is 1. The first kappa shape index (κ1) is 14.9. The van der Waals surface area contributed by atoms with Gasteiger partial charge in [0.1, 0.15) is 11.1 Å². The monoisotopic (exact) mass is 284 g/mol. The van der Waals surface area contributed by atoms with E-state index in [9.17, 15) is 0 Å². The maximum Gasteiger partial charge on any atom is 0.122 e. The molecule has 0 aromatic carbocycles. The van der Waals surface area contributed by atoms with Crippen LogP contribution in [0.15, 0.2) is 0 Å². The number of rotatable bonds is 9. The Bertz CT molecular complexity index is 391. The minimum Gasteiger partial charge on any atom is -0.378 e. The van der Waals surface area contributed by atoms with Gasteiger partial charge in [-0.25, -0.2) is 4.98 Å². The molecule has 1 aromatic heterocycles. The number of methoxy groups -OCH3 is 1. The van der Waals surface area contributed by atoms with Crippen molar-refractivity contribution >= 4 is 11.3 Å². The summed E-state index contributed by atoms with van der Waals surface area (Å²) >= 11 is 1.76. The van der Waals surface area contributed by atoms with Crippen LogP contribution in [0.4, 0.5) is 0 Å². The molecular weight excluding hydrogens is 260 g/mol. The Morgan fingerprint density at radius 3 is 2.79 bits per heavy atom. The smallest absolute Gasteiger partial charge is 0.122 e. The Morgan fingerprint density at radius 1 is 1.42 bits per heavy atom. The van der Waals surface area contributed by atoms with Gasteiger partial charge in [0.15, 0.2) is 0 Å². The molecule has 1 aromatic rings. The van der Waals surface area contributed by atoms with E-state index in [1.807, 2.05) is 6.92 Å². The number of ether oxygens (including phenoxy) is 2. The van der Waals surface area contributed by atoms with E-state index in [0.717, 1.165) is 36.3 Å². The van der Waals surface area contributed by atoms with Crippen LogP contribution < -0.4 is 5.32 Å². The van der Waals surface area contributed by atoms with Crippen LogP contribution in [-0.2, 0) is 22.6 Å². The summed E-state index contributed by atoms with van der Waals surface area (Å²) in [7, 11) is 1.72. The highest BCUT2D eigenvalue weighted by Gasteiger charge is 2.23. The second-order valence-corrected chi connectivity index (χ2v) is 5.98. The third kappa shape index (κ3) is 4.24. The number of nitrogens with zero attached hydrogens (tertiary/aromatic N) is 1. The van der Waals surface area contributed by atoms with Crippen LogP contribution in [0, 0.1) is 0 Å². The molecule has 19 heavy (non-hydrogen) atoms. The highest BCUT2D eigenvalue weighted by molar-refractivity contribution is 7.11. The normalized spacial score (nSPS) is 16.8. The third-order valence-corrected chi connectivity index (χ3v) is 4.41. The lowest BCUT2D eigenvalue weighted by atomic mass is 10.3. The summed E-state index contributed by atoms with van der Waals surface area (Å²) in [4.78, 5) is 6.01. The highest BCUT2D eigenvalue weighted by atomic mass is 32.1. The highest BCUT2D eigenvalue weighted by Crippen LogP contribution is 2.29. The van der Waals surface area contributed by atoms with E-state index < -0.39 is 0 Å². The average molecular weight is 284 g/mol. The minimum absolute atomic E-state index is 0.125. The van der Waals surface area contributed by atoms with Gasteiger partial charge in [0, 0.05) is 31.2 Å². The number of hydrogen-bond acceptors (Lipinski definition) is 5. The first-order valence-corrected chi connectivity index (χ1v) is 7.92. The molecular formula is C14H24N2O2S. The van der Waals surface area contributed by atoms with Gasteiger partial charge in [-0.15, -0.1) is 11.3 Å². The topological polar surface area (TPSA) is 43.4 Å². The van der Waals surface area contributed by atoms with Gasteiger partial charge < -0.3 is 14.8 Å². The van der Waals surface area contributed by atoms with Gasteiger partial charge in [-0.3, -0.25) is 0 Å². The molecule has 0 radical (unpaired) electrons. The van der Waals surface area contributed by atoms with Crippen molar-refractivity contribution in [3.05, 3.63) is 15.6 Å². The summed E-state index contributed by atoms with van der Waals surface area (Å²) in [5.41, 5.74) is 1.06. The fourth-order valence-electron chi connectivity index (χ4n) is 2.02. The van der Waals surface area contributed by atoms with Crippen LogP contribution in [0.2, 0.25) is 0 Å². The Kier molecular flexibility index (Phi) is 5.76. The zero-order valence-corrected chi connectivity index (χ0v) is 12.9. The predicted octanol–water partition coefficient (Wildman–Crippen LogP) is 3.03.